The van der Waals surface area contributed by atoms with Crippen molar-refractivity contribution in [3.63, 3.8) is 0 Å². The van der Waals surface area contributed by atoms with Crippen molar-refractivity contribution in [2.75, 3.05) is 18.4 Å². The van der Waals surface area contributed by atoms with Gasteiger partial charge in [-0.25, -0.2) is 8.42 Å². The minimum Gasteiger partial charge on any atom is -0.322 e. The van der Waals surface area contributed by atoms with E-state index in [-0.39, 0.29) is 20.5 Å². The van der Waals surface area contributed by atoms with Crippen LogP contribution in [-0.2, 0) is 10.0 Å². The first kappa shape index (κ1) is 21.6. The highest BCUT2D eigenvalue weighted by atomic mass is 35.5. The Hall–Kier alpha value is -2.11. The number of sulfonamides is 1. The molecule has 1 aliphatic rings. The maximum absolute atomic E-state index is 13.1. The van der Waals surface area contributed by atoms with E-state index in [2.05, 4.69) is 5.32 Å². The predicted molar refractivity (Wildman–Crippen MR) is 113 cm³/mol. The van der Waals surface area contributed by atoms with Gasteiger partial charge in [0.2, 0.25) is 10.0 Å². The number of carbonyl (C=O) groups is 1. The number of halogens is 2. The van der Waals surface area contributed by atoms with Crippen molar-refractivity contribution in [2.24, 2.45) is 0 Å². The second kappa shape index (κ2) is 9.14. The Kier molecular flexibility index (Phi) is 6.81. The SMILES string of the molecule is N#Cc1ccc(NC(=O)c2ccc(Cl)c(S(=O)(=O)N3CCCCCC3)c2)cc1Cl. The van der Waals surface area contributed by atoms with Gasteiger partial charge in [-0.3, -0.25) is 4.79 Å². The summed E-state index contributed by atoms with van der Waals surface area (Å²) in [6.07, 6.45) is 3.59. The average Bonchev–Trinajstić information content (AvgIpc) is 2.98. The van der Waals surface area contributed by atoms with E-state index >= 15 is 0 Å². The van der Waals surface area contributed by atoms with Gasteiger partial charge in [-0.1, -0.05) is 36.0 Å². The summed E-state index contributed by atoms with van der Waals surface area (Å²) >= 11 is 12.2. The Morgan fingerprint density at radius 1 is 1.00 bits per heavy atom. The number of amides is 1. The van der Waals surface area contributed by atoms with E-state index in [1.54, 1.807) is 6.07 Å². The zero-order valence-electron chi connectivity index (χ0n) is 15.5. The van der Waals surface area contributed by atoms with Gasteiger partial charge in [0, 0.05) is 24.3 Å². The quantitative estimate of drug-likeness (QED) is 0.729. The third-order valence-electron chi connectivity index (χ3n) is 4.72. The number of nitriles is 1. The van der Waals surface area contributed by atoms with Gasteiger partial charge >= 0.3 is 0 Å². The van der Waals surface area contributed by atoms with Gasteiger partial charge in [0.05, 0.1) is 15.6 Å². The maximum Gasteiger partial charge on any atom is 0.255 e. The van der Waals surface area contributed by atoms with Crippen LogP contribution >= 0.6 is 23.2 Å². The lowest BCUT2D eigenvalue weighted by atomic mass is 10.2. The third kappa shape index (κ3) is 4.90. The van der Waals surface area contributed by atoms with Crippen molar-refractivity contribution < 1.29 is 13.2 Å². The van der Waals surface area contributed by atoms with Crippen LogP contribution in [0.15, 0.2) is 41.3 Å². The van der Waals surface area contributed by atoms with Crippen molar-refractivity contribution in [3.8, 4) is 6.07 Å². The minimum atomic E-state index is -3.80. The fraction of sp³-hybridized carbons (Fsp3) is 0.300. The number of hydrogen-bond acceptors (Lipinski definition) is 4. The number of benzene rings is 2. The number of nitrogens with one attached hydrogen (secondary N) is 1. The number of hydrogen-bond donors (Lipinski definition) is 1. The first-order chi connectivity index (χ1) is 13.8. The lowest BCUT2D eigenvalue weighted by Crippen LogP contribution is -2.32. The Morgan fingerprint density at radius 3 is 2.31 bits per heavy atom. The van der Waals surface area contributed by atoms with Gasteiger partial charge in [-0.15, -0.1) is 0 Å². The Morgan fingerprint density at radius 2 is 1.69 bits per heavy atom. The van der Waals surface area contributed by atoms with E-state index < -0.39 is 15.9 Å². The standard InChI is InChI=1S/C20H19Cl2N3O3S/c21-17-8-6-14(20(26)24-16-7-5-15(13-23)18(22)12-16)11-19(17)29(27,28)25-9-3-1-2-4-10-25/h5-8,11-12H,1-4,9-10H2,(H,24,26). The first-order valence-electron chi connectivity index (χ1n) is 9.13. The maximum atomic E-state index is 13.1. The van der Waals surface area contributed by atoms with E-state index in [4.69, 9.17) is 28.5 Å². The highest BCUT2D eigenvalue weighted by Gasteiger charge is 2.28. The van der Waals surface area contributed by atoms with Crippen LogP contribution in [0, 0.1) is 11.3 Å². The molecule has 0 radical (unpaired) electrons. The van der Waals surface area contributed by atoms with Crippen LogP contribution in [0.4, 0.5) is 5.69 Å². The van der Waals surface area contributed by atoms with Crippen LogP contribution in [0.2, 0.25) is 10.0 Å². The Bertz CT molecular complexity index is 1070. The molecule has 1 heterocycles. The van der Waals surface area contributed by atoms with Gasteiger partial charge in [-0.2, -0.15) is 9.57 Å². The van der Waals surface area contributed by atoms with Crippen LogP contribution in [-0.4, -0.2) is 31.7 Å². The highest BCUT2D eigenvalue weighted by molar-refractivity contribution is 7.89. The van der Waals surface area contributed by atoms with Crippen molar-refractivity contribution >= 4 is 44.8 Å². The van der Waals surface area contributed by atoms with E-state index in [9.17, 15) is 13.2 Å². The summed E-state index contributed by atoms with van der Waals surface area (Å²) in [4.78, 5) is 12.6. The minimum absolute atomic E-state index is 0.0761. The smallest absolute Gasteiger partial charge is 0.255 e. The largest absolute Gasteiger partial charge is 0.322 e. The molecule has 1 amide bonds. The number of carbonyl (C=O) groups excluding carboxylic acids is 1. The molecule has 152 valence electrons. The van der Waals surface area contributed by atoms with Gasteiger partial charge in [-0.05, 0) is 49.2 Å². The summed E-state index contributed by atoms with van der Waals surface area (Å²) in [7, 11) is -3.80. The first-order valence-corrected chi connectivity index (χ1v) is 11.3. The molecule has 0 atom stereocenters. The van der Waals surface area contributed by atoms with Gasteiger partial charge < -0.3 is 5.32 Å². The molecule has 2 aromatic carbocycles. The molecule has 0 bridgehead atoms. The second-order valence-electron chi connectivity index (χ2n) is 6.72. The molecule has 1 fully saturated rings. The molecule has 6 nitrogen and oxygen atoms in total. The van der Waals surface area contributed by atoms with Crippen LogP contribution in [0.3, 0.4) is 0 Å². The molecule has 0 saturated carbocycles. The van der Waals surface area contributed by atoms with Crippen molar-refractivity contribution in [2.45, 2.75) is 30.6 Å². The molecular weight excluding hydrogens is 433 g/mol. The summed E-state index contributed by atoms with van der Waals surface area (Å²) in [5.74, 6) is -0.505. The van der Waals surface area contributed by atoms with Crippen LogP contribution < -0.4 is 5.32 Å². The lowest BCUT2D eigenvalue weighted by molar-refractivity contribution is 0.102. The molecule has 0 aliphatic carbocycles. The number of nitrogens with zero attached hydrogens (tertiary/aromatic N) is 2. The molecule has 29 heavy (non-hydrogen) atoms. The van der Waals surface area contributed by atoms with Gasteiger partial charge in [0.25, 0.3) is 5.91 Å². The summed E-state index contributed by atoms with van der Waals surface area (Å²) in [6, 6.07) is 10.6. The average molecular weight is 452 g/mol. The number of anilines is 1. The summed E-state index contributed by atoms with van der Waals surface area (Å²) in [5, 5.41) is 11.9. The Balaban J connectivity index is 1.87. The van der Waals surface area contributed by atoms with E-state index in [0.29, 0.717) is 24.3 Å². The third-order valence-corrected chi connectivity index (χ3v) is 7.42. The molecule has 1 saturated heterocycles. The zero-order chi connectivity index (χ0) is 21.0. The molecule has 0 unspecified atom stereocenters. The van der Waals surface area contributed by atoms with Gasteiger partial charge in [0.1, 0.15) is 11.0 Å². The predicted octanol–water partition coefficient (Wildman–Crippen LogP) is 4.68. The molecule has 2 aromatic rings. The molecule has 0 aromatic heterocycles. The van der Waals surface area contributed by atoms with E-state index in [0.717, 1.165) is 25.7 Å². The second-order valence-corrected chi connectivity index (χ2v) is 9.44. The summed E-state index contributed by atoms with van der Waals surface area (Å²) in [5.41, 5.74) is 0.844. The van der Waals surface area contributed by atoms with Crippen molar-refractivity contribution in [1.82, 2.24) is 4.31 Å². The fourth-order valence-electron chi connectivity index (χ4n) is 3.15. The van der Waals surface area contributed by atoms with Crippen molar-refractivity contribution in [3.05, 3.63) is 57.6 Å². The Labute approximate surface area is 180 Å². The van der Waals surface area contributed by atoms with Gasteiger partial charge in [0.15, 0.2) is 0 Å². The fourth-order valence-corrected chi connectivity index (χ4v) is 5.39. The highest BCUT2D eigenvalue weighted by Crippen LogP contribution is 2.28. The lowest BCUT2D eigenvalue weighted by Gasteiger charge is -2.21. The monoisotopic (exact) mass is 451 g/mol. The molecule has 0 spiro atoms. The van der Waals surface area contributed by atoms with E-state index in [1.165, 1.54) is 34.6 Å². The van der Waals surface area contributed by atoms with Crippen LogP contribution in [0.5, 0.6) is 0 Å². The molecule has 9 heteroatoms. The van der Waals surface area contributed by atoms with Crippen LogP contribution in [0.1, 0.15) is 41.6 Å². The van der Waals surface area contributed by atoms with Crippen molar-refractivity contribution in [1.29, 1.82) is 5.26 Å². The summed E-state index contributed by atoms with van der Waals surface area (Å²) < 4.78 is 27.6. The van der Waals surface area contributed by atoms with Crippen LogP contribution in [0.25, 0.3) is 0 Å². The van der Waals surface area contributed by atoms with E-state index in [1.807, 2.05) is 6.07 Å². The number of rotatable bonds is 4. The normalized spacial score (nSPS) is 15.3. The molecule has 3 rings (SSSR count). The zero-order valence-corrected chi connectivity index (χ0v) is 17.8. The molecule has 1 N–H and O–H groups in total. The molecular formula is C20H19Cl2N3O3S. The summed E-state index contributed by atoms with van der Waals surface area (Å²) in [6.45, 7) is 0.887. The topological polar surface area (TPSA) is 90.3 Å². The molecule has 1 aliphatic heterocycles.